The van der Waals surface area contributed by atoms with E-state index < -0.39 is 12.0 Å². The molecule has 0 saturated heterocycles. The van der Waals surface area contributed by atoms with Gasteiger partial charge < -0.3 is 10.4 Å². The van der Waals surface area contributed by atoms with Gasteiger partial charge in [-0.3, -0.25) is 9.59 Å². The molecule has 5 heteroatoms. The molecule has 3 rings (SSSR count). The predicted octanol–water partition coefficient (Wildman–Crippen LogP) is 3.66. The zero-order valence-electron chi connectivity index (χ0n) is 16.5. The van der Waals surface area contributed by atoms with Crippen molar-refractivity contribution in [2.75, 3.05) is 0 Å². The Morgan fingerprint density at radius 2 is 1.30 bits per heavy atom. The SMILES string of the molecule is O=C(CCc1ccccc1)N[C@@H](Cc1ccc(C(=O)c2ccccc2)cc1)C(=O)O. The summed E-state index contributed by atoms with van der Waals surface area (Å²) in [6.07, 6.45) is 0.917. The topological polar surface area (TPSA) is 83.5 Å². The molecule has 30 heavy (non-hydrogen) atoms. The first-order chi connectivity index (χ1) is 14.5. The van der Waals surface area contributed by atoms with Gasteiger partial charge in [0.15, 0.2) is 5.78 Å². The van der Waals surface area contributed by atoms with Crippen LogP contribution in [0.1, 0.15) is 33.5 Å². The lowest BCUT2D eigenvalue weighted by Gasteiger charge is -2.15. The van der Waals surface area contributed by atoms with Gasteiger partial charge in [0.1, 0.15) is 6.04 Å². The average Bonchev–Trinajstić information content (AvgIpc) is 2.78. The normalized spacial score (nSPS) is 11.5. The maximum absolute atomic E-state index is 12.5. The summed E-state index contributed by atoms with van der Waals surface area (Å²) in [6.45, 7) is 0. The van der Waals surface area contributed by atoms with Crippen molar-refractivity contribution in [2.45, 2.75) is 25.3 Å². The molecule has 1 atom stereocenters. The average molecular weight is 401 g/mol. The van der Waals surface area contributed by atoms with E-state index in [2.05, 4.69) is 5.32 Å². The Bertz CT molecular complexity index is 998. The lowest BCUT2D eigenvalue weighted by Crippen LogP contribution is -2.42. The fourth-order valence-electron chi connectivity index (χ4n) is 3.15. The highest BCUT2D eigenvalue weighted by atomic mass is 16.4. The van der Waals surface area contributed by atoms with Crippen molar-refractivity contribution in [3.63, 3.8) is 0 Å². The number of carboxylic acids is 1. The molecule has 0 spiro atoms. The van der Waals surface area contributed by atoms with Crippen LogP contribution in [0.3, 0.4) is 0 Å². The molecule has 1 amide bonds. The number of aryl methyl sites for hydroxylation is 1. The molecule has 0 aliphatic heterocycles. The number of carboxylic acid groups (broad SMARTS) is 1. The molecular formula is C25H23NO4. The van der Waals surface area contributed by atoms with E-state index in [1.54, 1.807) is 48.5 Å². The van der Waals surface area contributed by atoms with E-state index in [1.807, 2.05) is 36.4 Å². The molecule has 3 aromatic carbocycles. The van der Waals surface area contributed by atoms with Gasteiger partial charge in [-0.2, -0.15) is 0 Å². The number of ketones is 1. The predicted molar refractivity (Wildman–Crippen MR) is 114 cm³/mol. The summed E-state index contributed by atoms with van der Waals surface area (Å²) in [4.78, 5) is 36.3. The molecule has 0 aromatic heterocycles. The summed E-state index contributed by atoms with van der Waals surface area (Å²) in [5.74, 6) is -1.49. The first-order valence-electron chi connectivity index (χ1n) is 9.77. The quantitative estimate of drug-likeness (QED) is 0.536. The van der Waals surface area contributed by atoms with Crippen LogP contribution >= 0.6 is 0 Å². The standard InChI is InChI=1S/C25H23NO4/c27-23(16-13-18-7-3-1-4-8-18)26-22(25(29)30)17-19-11-14-21(15-12-19)24(28)20-9-5-2-6-10-20/h1-12,14-15,22H,13,16-17H2,(H,26,27)(H,29,30)/t22-/m0/s1. The van der Waals surface area contributed by atoms with Crippen LogP contribution in [0.2, 0.25) is 0 Å². The fourth-order valence-corrected chi connectivity index (χ4v) is 3.15. The van der Waals surface area contributed by atoms with Crippen LogP contribution in [-0.4, -0.2) is 28.8 Å². The lowest BCUT2D eigenvalue weighted by molar-refractivity contribution is -0.141. The summed E-state index contributed by atoms with van der Waals surface area (Å²) in [7, 11) is 0. The molecule has 2 N–H and O–H groups in total. The van der Waals surface area contributed by atoms with Crippen molar-refractivity contribution >= 4 is 17.7 Å². The number of rotatable bonds is 9. The molecule has 0 bridgehead atoms. The highest BCUT2D eigenvalue weighted by Crippen LogP contribution is 2.13. The zero-order valence-corrected chi connectivity index (χ0v) is 16.5. The second kappa shape index (κ2) is 10.2. The Kier molecular flexibility index (Phi) is 7.11. The number of nitrogens with one attached hydrogen (secondary N) is 1. The van der Waals surface area contributed by atoms with Gasteiger partial charge in [-0.1, -0.05) is 84.9 Å². The third kappa shape index (κ3) is 5.88. The van der Waals surface area contributed by atoms with Gasteiger partial charge in [0.25, 0.3) is 0 Å². The number of amides is 1. The molecule has 152 valence electrons. The van der Waals surface area contributed by atoms with Crippen molar-refractivity contribution in [1.29, 1.82) is 0 Å². The number of hydrogen-bond acceptors (Lipinski definition) is 3. The molecule has 0 saturated carbocycles. The van der Waals surface area contributed by atoms with Gasteiger partial charge >= 0.3 is 5.97 Å². The third-order valence-corrected chi connectivity index (χ3v) is 4.81. The molecule has 0 radical (unpaired) electrons. The van der Waals surface area contributed by atoms with E-state index in [-0.39, 0.29) is 24.5 Å². The summed E-state index contributed by atoms with van der Waals surface area (Å²) in [6, 6.07) is 24.3. The van der Waals surface area contributed by atoms with Crippen molar-refractivity contribution in [3.05, 3.63) is 107 Å². The molecule has 3 aromatic rings. The molecule has 0 unspecified atom stereocenters. The van der Waals surface area contributed by atoms with Gasteiger partial charge in [-0.25, -0.2) is 4.79 Å². The van der Waals surface area contributed by atoms with Gasteiger partial charge in [-0.05, 0) is 17.5 Å². The summed E-state index contributed by atoms with van der Waals surface area (Å²) in [5.41, 5.74) is 2.89. The number of hydrogen-bond donors (Lipinski definition) is 2. The largest absolute Gasteiger partial charge is 0.480 e. The van der Waals surface area contributed by atoms with Crippen molar-refractivity contribution < 1.29 is 19.5 Å². The second-order valence-corrected chi connectivity index (χ2v) is 7.04. The monoisotopic (exact) mass is 401 g/mol. The van der Waals surface area contributed by atoms with E-state index in [1.165, 1.54) is 0 Å². The van der Waals surface area contributed by atoms with Crippen LogP contribution in [0.5, 0.6) is 0 Å². The van der Waals surface area contributed by atoms with Crippen molar-refractivity contribution in [1.82, 2.24) is 5.32 Å². The molecule has 0 aliphatic rings. The highest BCUT2D eigenvalue weighted by molar-refractivity contribution is 6.08. The lowest BCUT2D eigenvalue weighted by atomic mass is 9.99. The Morgan fingerprint density at radius 1 is 0.733 bits per heavy atom. The van der Waals surface area contributed by atoms with E-state index in [4.69, 9.17) is 0 Å². The second-order valence-electron chi connectivity index (χ2n) is 7.04. The molecule has 0 heterocycles. The Balaban J connectivity index is 1.58. The van der Waals surface area contributed by atoms with Crippen molar-refractivity contribution in [3.8, 4) is 0 Å². The maximum atomic E-state index is 12.5. The van der Waals surface area contributed by atoms with Gasteiger partial charge in [0, 0.05) is 24.0 Å². The molecule has 0 aliphatic carbocycles. The van der Waals surface area contributed by atoms with Crippen LogP contribution in [0.4, 0.5) is 0 Å². The van der Waals surface area contributed by atoms with Gasteiger partial charge in [0.05, 0.1) is 0 Å². The number of benzene rings is 3. The Morgan fingerprint density at radius 3 is 1.90 bits per heavy atom. The van der Waals surface area contributed by atoms with Crippen LogP contribution in [-0.2, 0) is 22.4 Å². The van der Waals surface area contributed by atoms with Gasteiger partial charge in [-0.15, -0.1) is 0 Å². The maximum Gasteiger partial charge on any atom is 0.326 e. The molecule has 0 fully saturated rings. The van der Waals surface area contributed by atoms with E-state index in [0.717, 1.165) is 11.1 Å². The number of carbonyl (C=O) groups excluding carboxylic acids is 2. The van der Waals surface area contributed by atoms with Crippen LogP contribution in [0, 0.1) is 0 Å². The van der Waals surface area contributed by atoms with Crippen LogP contribution in [0.15, 0.2) is 84.9 Å². The summed E-state index contributed by atoms with van der Waals surface area (Å²) >= 11 is 0. The number of carbonyl (C=O) groups is 3. The van der Waals surface area contributed by atoms with E-state index in [0.29, 0.717) is 17.5 Å². The first-order valence-corrected chi connectivity index (χ1v) is 9.77. The van der Waals surface area contributed by atoms with Gasteiger partial charge in [0.2, 0.25) is 5.91 Å². The van der Waals surface area contributed by atoms with Crippen LogP contribution in [0.25, 0.3) is 0 Å². The minimum Gasteiger partial charge on any atom is -0.480 e. The Hall–Kier alpha value is -3.73. The summed E-state index contributed by atoms with van der Waals surface area (Å²) < 4.78 is 0. The minimum absolute atomic E-state index is 0.0915. The minimum atomic E-state index is -1.09. The Labute approximate surface area is 175 Å². The van der Waals surface area contributed by atoms with E-state index >= 15 is 0 Å². The highest BCUT2D eigenvalue weighted by Gasteiger charge is 2.20. The first kappa shape index (κ1) is 21.0. The summed E-state index contributed by atoms with van der Waals surface area (Å²) in [5, 5.41) is 12.1. The smallest absolute Gasteiger partial charge is 0.326 e. The number of aliphatic carboxylic acids is 1. The van der Waals surface area contributed by atoms with E-state index in [9.17, 15) is 19.5 Å². The molecule has 5 nitrogen and oxygen atoms in total. The fraction of sp³-hybridized carbons (Fsp3) is 0.160. The van der Waals surface area contributed by atoms with Crippen molar-refractivity contribution in [2.24, 2.45) is 0 Å². The third-order valence-electron chi connectivity index (χ3n) is 4.81. The zero-order chi connectivity index (χ0) is 21.3. The van der Waals surface area contributed by atoms with Crippen LogP contribution < -0.4 is 5.32 Å². The molecular weight excluding hydrogens is 378 g/mol.